The zero-order valence-corrected chi connectivity index (χ0v) is 18.9. The molecule has 5 rings (SSSR count). The summed E-state index contributed by atoms with van der Waals surface area (Å²) in [5.74, 6) is 0.532. The lowest BCUT2D eigenvalue weighted by atomic mass is 9.95. The third-order valence-corrected chi connectivity index (χ3v) is 5.84. The molecule has 0 amide bonds. The van der Waals surface area contributed by atoms with Gasteiger partial charge in [-0.25, -0.2) is 14.8 Å². The number of ether oxygens (including phenoxy) is 1. The molecule has 8 heteroatoms. The molecule has 2 N–H and O–H groups in total. The summed E-state index contributed by atoms with van der Waals surface area (Å²) in [5.41, 5.74) is 11.6. The zero-order chi connectivity index (χ0) is 23.3. The summed E-state index contributed by atoms with van der Waals surface area (Å²) in [7, 11) is 3.32. The van der Waals surface area contributed by atoms with Crippen LogP contribution in [0.4, 0.5) is 0 Å². The van der Waals surface area contributed by atoms with E-state index in [9.17, 15) is 4.79 Å². The maximum atomic E-state index is 13.3. The number of pyridine rings is 3. The van der Waals surface area contributed by atoms with Crippen LogP contribution in [0.15, 0.2) is 65.7 Å². The molecule has 1 aromatic carbocycles. The normalized spacial score (nSPS) is 11.9. The molecule has 4 aromatic heterocycles. The highest BCUT2D eigenvalue weighted by Crippen LogP contribution is 2.28. The molecule has 33 heavy (non-hydrogen) atoms. The average Bonchev–Trinajstić information content (AvgIpc) is 3.08. The Bertz CT molecular complexity index is 1540. The quantitative estimate of drug-likeness (QED) is 0.459. The predicted molar refractivity (Wildman–Crippen MR) is 129 cm³/mol. The number of hydrogen-bond acceptors (Lipinski definition) is 6. The van der Waals surface area contributed by atoms with Gasteiger partial charge >= 0.3 is 5.69 Å². The van der Waals surface area contributed by atoms with Crippen molar-refractivity contribution in [2.24, 2.45) is 12.8 Å². The topological polar surface area (TPSA) is 101 Å². The van der Waals surface area contributed by atoms with Crippen molar-refractivity contribution in [3.8, 4) is 22.8 Å². The molecule has 166 valence electrons. The van der Waals surface area contributed by atoms with Crippen LogP contribution in [0.25, 0.3) is 39.0 Å². The van der Waals surface area contributed by atoms with Gasteiger partial charge in [0.1, 0.15) is 11.0 Å². The van der Waals surface area contributed by atoms with E-state index in [1.807, 2.05) is 56.3 Å². The van der Waals surface area contributed by atoms with Crippen LogP contribution in [0.2, 0.25) is 0 Å². The molecule has 0 saturated heterocycles. The fraction of sp³-hybridized carbons (Fsp3) is 0.200. The van der Waals surface area contributed by atoms with E-state index in [4.69, 9.17) is 15.5 Å². The Kier molecular flexibility index (Phi) is 4.75. The number of aryl methyl sites for hydroxylation is 1. The Morgan fingerprint density at radius 1 is 0.970 bits per heavy atom. The summed E-state index contributed by atoms with van der Waals surface area (Å²) in [5, 5.41) is 0. The maximum Gasteiger partial charge on any atom is 0.333 e. The van der Waals surface area contributed by atoms with Crippen molar-refractivity contribution in [1.29, 1.82) is 0 Å². The Morgan fingerprint density at radius 3 is 2.36 bits per heavy atom. The van der Waals surface area contributed by atoms with Crippen LogP contribution in [0.1, 0.15) is 19.4 Å². The summed E-state index contributed by atoms with van der Waals surface area (Å²) in [6.07, 6.45) is 3.43. The largest absolute Gasteiger partial charge is 0.481 e. The summed E-state index contributed by atoms with van der Waals surface area (Å²) in [6, 6.07) is 15.2. The van der Waals surface area contributed by atoms with Crippen molar-refractivity contribution in [2.45, 2.75) is 19.4 Å². The maximum absolute atomic E-state index is 13.3. The zero-order valence-electron chi connectivity index (χ0n) is 18.9. The molecular formula is C25H24N6O2. The second kappa shape index (κ2) is 7.53. The van der Waals surface area contributed by atoms with Crippen molar-refractivity contribution in [1.82, 2.24) is 24.1 Å². The molecule has 0 aliphatic carbocycles. The Balaban J connectivity index is 1.76. The molecule has 8 nitrogen and oxygen atoms in total. The number of nitrogens with two attached hydrogens (primary N) is 1. The minimum Gasteiger partial charge on any atom is -0.481 e. The van der Waals surface area contributed by atoms with E-state index in [0.717, 1.165) is 22.5 Å². The Hall–Kier alpha value is -4.04. The molecule has 0 fully saturated rings. The Labute approximate surface area is 190 Å². The van der Waals surface area contributed by atoms with Crippen molar-refractivity contribution in [3.05, 3.63) is 77.0 Å². The second-order valence-corrected chi connectivity index (χ2v) is 8.59. The van der Waals surface area contributed by atoms with Gasteiger partial charge in [-0.2, -0.15) is 0 Å². The first-order chi connectivity index (χ1) is 15.8. The molecule has 0 spiro atoms. The van der Waals surface area contributed by atoms with Crippen LogP contribution < -0.4 is 16.2 Å². The first-order valence-corrected chi connectivity index (χ1v) is 10.6. The van der Waals surface area contributed by atoms with Crippen LogP contribution in [0.3, 0.4) is 0 Å². The monoisotopic (exact) mass is 440 g/mol. The number of fused-ring (bicyclic) bond motifs is 3. The fourth-order valence-electron chi connectivity index (χ4n) is 3.95. The van der Waals surface area contributed by atoms with Crippen LogP contribution >= 0.6 is 0 Å². The van der Waals surface area contributed by atoms with Crippen LogP contribution in [-0.4, -0.2) is 31.2 Å². The SMILES string of the molecule is COc1ccc(-c2ccc3ncc4c(c3n2)n(-c2ccc(C(C)(C)N)cc2)c(=O)n4C)cn1. The third kappa shape index (κ3) is 3.44. The highest BCUT2D eigenvalue weighted by Gasteiger charge is 2.19. The lowest BCUT2D eigenvalue weighted by Gasteiger charge is -2.19. The summed E-state index contributed by atoms with van der Waals surface area (Å²) in [4.78, 5) is 27.0. The van der Waals surface area contributed by atoms with Gasteiger partial charge in [-0.05, 0) is 49.7 Å². The molecular weight excluding hydrogens is 416 g/mol. The summed E-state index contributed by atoms with van der Waals surface area (Å²) >= 11 is 0. The first kappa shape index (κ1) is 20.8. The van der Waals surface area contributed by atoms with Crippen LogP contribution in [0, 0.1) is 0 Å². The van der Waals surface area contributed by atoms with E-state index >= 15 is 0 Å². The van der Waals surface area contributed by atoms with E-state index in [1.54, 1.807) is 41.8 Å². The van der Waals surface area contributed by atoms with Gasteiger partial charge in [0.05, 0.1) is 35.7 Å². The van der Waals surface area contributed by atoms with Gasteiger partial charge in [0, 0.05) is 30.4 Å². The van der Waals surface area contributed by atoms with Gasteiger partial charge in [-0.1, -0.05) is 12.1 Å². The lowest BCUT2D eigenvalue weighted by Crippen LogP contribution is -2.28. The number of methoxy groups -OCH3 is 1. The van der Waals surface area contributed by atoms with Gasteiger partial charge in [0.15, 0.2) is 0 Å². The number of benzene rings is 1. The molecule has 0 unspecified atom stereocenters. The van der Waals surface area contributed by atoms with E-state index in [-0.39, 0.29) is 5.69 Å². The van der Waals surface area contributed by atoms with E-state index in [1.165, 1.54) is 0 Å². The van der Waals surface area contributed by atoms with Gasteiger partial charge < -0.3 is 10.5 Å². The van der Waals surface area contributed by atoms with Crippen molar-refractivity contribution >= 4 is 22.1 Å². The average molecular weight is 441 g/mol. The van der Waals surface area contributed by atoms with Gasteiger partial charge in [0.25, 0.3) is 0 Å². The van der Waals surface area contributed by atoms with E-state index in [2.05, 4.69) is 9.97 Å². The van der Waals surface area contributed by atoms with Gasteiger partial charge in [-0.15, -0.1) is 0 Å². The molecule has 0 radical (unpaired) electrons. The second-order valence-electron chi connectivity index (χ2n) is 8.59. The van der Waals surface area contributed by atoms with Gasteiger partial charge in [-0.3, -0.25) is 14.1 Å². The number of nitrogens with zero attached hydrogens (tertiary/aromatic N) is 5. The van der Waals surface area contributed by atoms with Gasteiger partial charge in [0.2, 0.25) is 5.88 Å². The molecule has 0 aliphatic heterocycles. The summed E-state index contributed by atoms with van der Waals surface area (Å²) in [6.45, 7) is 3.90. The number of hydrogen-bond donors (Lipinski definition) is 1. The lowest BCUT2D eigenvalue weighted by molar-refractivity contribution is 0.398. The minimum atomic E-state index is -0.471. The summed E-state index contributed by atoms with van der Waals surface area (Å²) < 4.78 is 8.42. The standard InChI is InChI=1S/C25H24N6O2/c1-25(2,26)16-6-8-17(9-7-16)31-23-20(30(3)24(31)32)14-27-19-11-10-18(29-22(19)23)15-5-12-21(33-4)28-13-15/h5-14H,26H2,1-4H3. The smallest absolute Gasteiger partial charge is 0.333 e. The minimum absolute atomic E-state index is 0.169. The van der Waals surface area contributed by atoms with Crippen LogP contribution in [-0.2, 0) is 12.6 Å². The number of rotatable bonds is 4. The number of imidazole rings is 1. The fourth-order valence-corrected chi connectivity index (χ4v) is 3.95. The molecule has 0 bridgehead atoms. The van der Waals surface area contributed by atoms with Crippen molar-refractivity contribution in [2.75, 3.05) is 7.11 Å². The predicted octanol–water partition coefficient (Wildman–Crippen LogP) is 3.54. The van der Waals surface area contributed by atoms with Crippen molar-refractivity contribution < 1.29 is 4.74 Å². The highest BCUT2D eigenvalue weighted by molar-refractivity contribution is 6.01. The molecule has 0 aliphatic rings. The number of aromatic nitrogens is 5. The van der Waals surface area contributed by atoms with E-state index < -0.39 is 5.54 Å². The molecule has 5 aromatic rings. The molecule has 0 saturated carbocycles. The van der Waals surface area contributed by atoms with Crippen molar-refractivity contribution in [3.63, 3.8) is 0 Å². The Morgan fingerprint density at radius 2 is 1.73 bits per heavy atom. The van der Waals surface area contributed by atoms with E-state index in [0.29, 0.717) is 27.9 Å². The van der Waals surface area contributed by atoms with Crippen LogP contribution in [0.5, 0.6) is 5.88 Å². The molecule has 4 heterocycles. The third-order valence-electron chi connectivity index (χ3n) is 5.84. The first-order valence-electron chi connectivity index (χ1n) is 10.6. The highest BCUT2D eigenvalue weighted by atomic mass is 16.5. The molecule has 0 atom stereocenters.